The molecule has 0 saturated heterocycles. The first-order valence-electron chi connectivity index (χ1n) is 5.57. The highest BCUT2D eigenvalue weighted by Crippen LogP contribution is 2.28. The molecule has 0 unspecified atom stereocenters. The molecule has 0 saturated carbocycles. The second-order valence-corrected chi connectivity index (χ2v) is 4.69. The van der Waals surface area contributed by atoms with Crippen LogP contribution in [0.2, 0.25) is 10.2 Å². The number of halogens is 2. The number of hydrogen-bond donors (Lipinski definition) is 2. The third-order valence-electron chi connectivity index (χ3n) is 2.56. The van der Waals surface area contributed by atoms with Gasteiger partial charge in [0.15, 0.2) is 0 Å². The zero-order valence-corrected chi connectivity index (χ0v) is 12.0. The van der Waals surface area contributed by atoms with Crippen molar-refractivity contribution in [2.75, 3.05) is 18.2 Å². The van der Waals surface area contributed by atoms with Gasteiger partial charge in [0.25, 0.3) is 5.91 Å². The van der Waals surface area contributed by atoms with Crippen LogP contribution in [0.1, 0.15) is 10.4 Å². The van der Waals surface area contributed by atoms with Crippen LogP contribution in [0.4, 0.5) is 11.4 Å². The number of carbonyl (C=O) groups excluding carboxylic acids is 1. The van der Waals surface area contributed by atoms with Gasteiger partial charge in [0.2, 0.25) is 0 Å². The van der Waals surface area contributed by atoms with Crippen molar-refractivity contribution in [2.24, 2.45) is 0 Å². The molecule has 1 aromatic heterocycles. The Labute approximate surface area is 125 Å². The number of carbonyl (C=O) groups is 1. The summed E-state index contributed by atoms with van der Waals surface area (Å²) in [6, 6.07) is 6.29. The maximum absolute atomic E-state index is 12.1. The van der Waals surface area contributed by atoms with Crippen LogP contribution in [-0.2, 0) is 0 Å². The van der Waals surface area contributed by atoms with E-state index in [2.05, 4.69) is 10.3 Å². The summed E-state index contributed by atoms with van der Waals surface area (Å²) < 4.78 is 5.08. The van der Waals surface area contributed by atoms with Crippen molar-refractivity contribution >= 4 is 40.5 Å². The van der Waals surface area contributed by atoms with Gasteiger partial charge >= 0.3 is 0 Å². The smallest absolute Gasteiger partial charge is 0.257 e. The van der Waals surface area contributed by atoms with E-state index in [1.807, 2.05) is 0 Å². The molecule has 0 bridgehead atoms. The minimum atomic E-state index is -0.392. The fourth-order valence-electron chi connectivity index (χ4n) is 1.57. The molecule has 0 aliphatic heterocycles. The number of nitrogens with two attached hydrogens (primary N) is 1. The first-order valence-corrected chi connectivity index (χ1v) is 6.32. The number of methoxy groups -OCH3 is 1. The second-order valence-electron chi connectivity index (χ2n) is 3.90. The molecule has 2 rings (SSSR count). The van der Waals surface area contributed by atoms with Gasteiger partial charge in [-0.15, -0.1) is 0 Å². The number of ether oxygens (including phenoxy) is 1. The van der Waals surface area contributed by atoms with Crippen LogP contribution in [0.5, 0.6) is 5.75 Å². The molecular weight excluding hydrogens is 301 g/mol. The van der Waals surface area contributed by atoms with Crippen molar-refractivity contribution < 1.29 is 9.53 Å². The van der Waals surface area contributed by atoms with Crippen LogP contribution in [0.25, 0.3) is 0 Å². The fourth-order valence-corrected chi connectivity index (χ4v) is 1.93. The van der Waals surface area contributed by atoms with E-state index in [9.17, 15) is 4.79 Å². The number of aromatic nitrogens is 1. The zero-order valence-electron chi connectivity index (χ0n) is 10.5. The Morgan fingerprint density at radius 1 is 1.35 bits per heavy atom. The van der Waals surface area contributed by atoms with Gasteiger partial charge in [0, 0.05) is 11.8 Å². The van der Waals surface area contributed by atoms with Gasteiger partial charge in [-0.25, -0.2) is 4.98 Å². The fraction of sp³-hybridized carbons (Fsp3) is 0.0769. The number of nitrogen functional groups attached to an aromatic ring is 1. The second kappa shape index (κ2) is 5.98. The molecule has 7 heteroatoms. The quantitative estimate of drug-likeness (QED) is 0.853. The molecule has 1 amide bonds. The predicted molar refractivity (Wildman–Crippen MR) is 79.6 cm³/mol. The number of rotatable bonds is 3. The van der Waals surface area contributed by atoms with Gasteiger partial charge in [0.05, 0.1) is 29.6 Å². The molecule has 0 aliphatic rings. The highest BCUT2D eigenvalue weighted by Gasteiger charge is 2.12. The SMILES string of the molecule is COc1cc(NC(=O)c2cc(Cl)ncc2N)ccc1Cl. The molecule has 0 aliphatic carbocycles. The summed E-state index contributed by atoms with van der Waals surface area (Å²) in [5.74, 6) is 0.0707. The standard InChI is InChI=1S/C13H11Cl2N3O2/c1-20-11-4-7(2-3-9(11)14)18-13(19)8-5-12(15)17-6-10(8)16/h2-6H,16H2,1H3,(H,18,19). The average molecular weight is 312 g/mol. The number of anilines is 2. The largest absolute Gasteiger partial charge is 0.495 e. The lowest BCUT2D eigenvalue weighted by Crippen LogP contribution is -2.14. The molecule has 1 aromatic carbocycles. The van der Waals surface area contributed by atoms with E-state index in [1.165, 1.54) is 19.4 Å². The molecule has 1 heterocycles. The molecule has 20 heavy (non-hydrogen) atoms. The summed E-state index contributed by atoms with van der Waals surface area (Å²) in [6.45, 7) is 0. The molecule has 5 nitrogen and oxygen atoms in total. The number of hydrogen-bond acceptors (Lipinski definition) is 4. The van der Waals surface area contributed by atoms with Crippen LogP contribution >= 0.6 is 23.2 Å². The maximum atomic E-state index is 12.1. The summed E-state index contributed by atoms with van der Waals surface area (Å²) in [6.07, 6.45) is 1.33. The topological polar surface area (TPSA) is 77.2 Å². The Hall–Kier alpha value is -1.98. The summed E-state index contributed by atoms with van der Waals surface area (Å²) in [5.41, 5.74) is 6.72. The van der Waals surface area contributed by atoms with Crippen LogP contribution in [0.15, 0.2) is 30.5 Å². The van der Waals surface area contributed by atoms with Crippen molar-refractivity contribution in [2.45, 2.75) is 0 Å². The van der Waals surface area contributed by atoms with Gasteiger partial charge in [-0.05, 0) is 18.2 Å². The molecule has 3 N–H and O–H groups in total. The lowest BCUT2D eigenvalue weighted by Gasteiger charge is -2.09. The number of nitrogens with zero attached hydrogens (tertiary/aromatic N) is 1. The van der Waals surface area contributed by atoms with E-state index in [0.717, 1.165) is 0 Å². The van der Waals surface area contributed by atoms with Crippen molar-refractivity contribution in [3.8, 4) is 5.75 Å². The number of benzene rings is 1. The summed E-state index contributed by atoms with van der Waals surface area (Å²) in [5, 5.41) is 3.33. The van der Waals surface area contributed by atoms with Crippen LogP contribution in [0.3, 0.4) is 0 Å². The minimum Gasteiger partial charge on any atom is -0.495 e. The molecule has 0 spiro atoms. The number of amides is 1. The van der Waals surface area contributed by atoms with E-state index in [1.54, 1.807) is 18.2 Å². The Bertz CT molecular complexity index is 662. The molecular formula is C13H11Cl2N3O2. The summed E-state index contributed by atoms with van der Waals surface area (Å²) >= 11 is 11.7. The molecule has 0 fully saturated rings. The highest BCUT2D eigenvalue weighted by molar-refractivity contribution is 6.32. The van der Waals surface area contributed by atoms with E-state index < -0.39 is 5.91 Å². The Kier molecular flexibility index (Phi) is 4.32. The Balaban J connectivity index is 2.25. The minimum absolute atomic E-state index is 0.193. The van der Waals surface area contributed by atoms with E-state index in [-0.39, 0.29) is 16.4 Å². The Morgan fingerprint density at radius 2 is 2.10 bits per heavy atom. The monoisotopic (exact) mass is 311 g/mol. The van der Waals surface area contributed by atoms with Crippen molar-refractivity contribution in [3.05, 3.63) is 46.2 Å². The molecule has 0 atom stereocenters. The van der Waals surface area contributed by atoms with E-state index >= 15 is 0 Å². The van der Waals surface area contributed by atoms with Gasteiger partial charge in [-0.1, -0.05) is 23.2 Å². The van der Waals surface area contributed by atoms with Crippen molar-refractivity contribution in [1.29, 1.82) is 0 Å². The summed E-state index contributed by atoms with van der Waals surface area (Å²) in [4.78, 5) is 15.9. The zero-order chi connectivity index (χ0) is 14.7. The van der Waals surface area contributed by atoms with Gasteiger partial charge in [-0.2, -0.15) is 0 Å². The number of nitrogens with one attached hydrogen (secondary N) is 1. The van der Waals surface area contributed by atoms with Gasteiger partial charge < -0.3 is 15.8 Å². The van der Waals surface area contributed by atoms with Gasteiger partial charge in [0.1, 0.15) is 10.9 Å². The Morgan fingerprint density at radius 3 is 2.80 bits per heavy atom. The van der Waals surface area contributed by atoms with Crippen LogP contribution < -0.4 is 15.8 Å². The van der Waals surface area contributed by atoms with Crippen molar-refractivity contribution in [1.82, 2.24) is 4.98 Å². The first kappa shape index (κ1) is 14.4. The lowest BCUT2D eigenvalue weighted by atomic mass is 10.2. The maximum Gasteiger partial charge on any atom is 0.257 e. The highest BCUT2D eigenvalue weighted by atomic mass is 35.5. The van der Waals surface area contributed by atoms with Crippen LogP contribution in [-0.4, -0.2) is 18.0 Å². The average Bonchev–Trinajstić information content (AvgIpc) is 2.43. The third kappa shape index (κ3) is 3.12. The predicted octanol–water partition coefficient (Wildman–Crippen LogP) is 3.23. The van der Waals surface area contributed by atoms with Crippen molar-refractivity contribution in [3.63, 3.8) is 0 Å². The van der Waals surface area contributed by atoms with Gasteiger partial charge in [-0.3, -0.25) is 4.79 Å². The molecule has 104 valence electrons. The first-order chi connectivity index (χ1) is 9.51. The number of pyridine rings is 1. The van der Waals surface area contributed by atoms with E-state index in [0.29, 0.717) is 16.5 Å². The lowest BCUT2D eigenvalue weighted by molar-refractivity contribution is 0.102. The van der Waals surface area contributed by atoms with Crippen LogP contribution in [0, 0.1) is 0 Å². The third-order valence-corrected chi connectivity index (χ3v) is 3.07. The summed E-state index contributed by atoms with van der Waals surface area (Å²) in [7, 11) is 1.49. The normalized spacial score (nSPS) is 10.2. The van der Waals surface area contributed by atoms with E-state index in [4.69, 9.17) is 33.7 Å². The molecule has 2 aromatic rings. The molecule has 0 radical (unpaired) electrons.